The van der Waals surface area contributed by atoms with Gasteiger partial charge in [-0.05, 0) is 28.7 Å². The summed E-state index contributed by atoms with van der Waals surface area (Å²) in [7, 11) is 0. The van der Waals surface area contributed by atoms with Crippen LogP contribution >= 0.6 is 22.6 Å². The Morgan fingerprint density at radius 3 is 2.79 bits per heavy atom. The third-order valence-electron chi connectivity index (χ3n) is 1.56. The predicted molar refractivity (Wildman–Crippen MR) is 53.3 cm³/mol. The van der Waals surface area contributed by atoms with E-state index in [-0.39, 0.29) is 11.3 Å². The Morgan fingerprint density at radius 2 is 2.29 bits per heavy atom. The number of aromatic nitrogens is 1. The molecule has 1 heterocycles. The zero-order chi connectivity index (χ0) is 10.7. The Balaban J connectivity index is 3.14. The molecule has 0 amide bonds. The number of rotatable bonds is 3. The SMILES string of the molecule is O=C(O)Cc1nccc(I)c1C(F)F. The topological polar surface area (TPSA) is 50.2 Å². The summed E-state index contributed by atoms with van der Waals surface area (Å²) < 4.78 is 25.3. The number of alkyl halides is 2. The minimum Gasteiger partial charge on any atom is -0.481 e. The Hall–Kier alpha value is -0.790. The molecule has 0 unspecified atom stereocenters. The number of carboxylic acids is 1. The number of halogens is 3. The second-order valence-corrected chi connectivity index (χ2v) is 3.69. The summed E-state index contributed by atoms with van der Waals surface area (Å²) in [5, 5.41) is 8.48. The third kappa shape index (κ3) is 2.60. The summed E-state index contributed by atoms with van der Waals surface area (Å²) in [6, 6.07) is 1.42. The van der Waals surface area contributed by atoms with Crippen molar-refractivity contribution in [1.29, 1.82) is 0 Å². The van der Waals surface area contributed by atoms with Crippen LogP contribution in [0.3, 0.4) is 0 Å². The lowest BCUT2D eigenvalue weighted by molar-refractivity contribution is -0.136. The summed E-state index contributed by atoms with van der Waals surface area (Å²) >= 11 is 1.74. The zero-order valence-corrected chi connectivity index (χ0v) is 9.03. The van der Waals surface area contributed by atoms with Crippen LogP contribution in [0.1, 0.15) is 17.7 Å². The second kappa shape index (κ2) is 4.63. The summed E-state index contributed by atoms with van der Waals surface area (Å²) in [6.07, 6.45) is -1.84. The lowest BCUT2D eigenvalue weighted by Gasteiger charge is -2.07. The van der Waals surface area contributed by atoms with Crippen LogP contribution in [0.5, 0.6) is 0 Å². The number of aliphatic carboxylic acids is 1. The Bertz CT molecular complexity index is 357. The minimum absolute atomic E-state index is 0.0700. The van der Waals surface area contributed by atoms with Crippen molar-refractivity contribution in [1.82, 2.24) is 4.98 Å². The van der Waals surface area contributed by atoms with Crippen LogP contribution in [0, 0.1) is 3.57 Å². The van der Waals surface area contributed by atoms with Gasteiger partial charge in [-0.3, -0.25) is 9.78 Å². The van der Waals surface area contributed by atoms with Crippen molar-refractivity contribution in [3.05, 3.63) is 27.1 Å². The molecule has 1 N–H and O–H groups in total. The first kappa shape index (κ1) is 11.3. The fourth-order valence-corrected chi connectivity index (χ4v) is 1.71. The molecule has 0 bridgehead atoms. The number of pyridine rings is 1. The smallest absolute Gasteiger partial charge is 0.309 e. The van der Waals surface area contributed by atoms with Crippen molar-refractivity contribution in [2.24, 2.45) is 0 Å². The highest BCUT2D eigenvalue weighted by Gasteiger charge is 2.19. The fourth-order valence-electron chi connectivity index (χ4n) is 1.00. The number of hydrogen-bond donors (Lipinski definition) is 1. The molecular weight excluding hydrogens is 307 g/mol. The van der Waals surface area contributed by atoms with Gasteiger partial charge in [-0.15, -0.1) is 0 Å². The van der Waals surface area contributed by atoms with Crippen molar-refractivity contribution in [2.45, 2.75) is 12.8 Å². The molecule has 0 spiro atoms. The molecule has 1 aromatic rings. The maximum atomic E-state index is 12.5. The van der Waals surface area contributed by atoms with Crippen LogP contribution in [-0.4, -0.2) is 16.1 Å². The maximum Gasteiger partial charge on any atom is 0.309 e. The Kier molecular flexibility index (Phi) is 3.73. The molecule has 1 aromatic heterocycles. The van der Waals surface area contributed by atoms with Crippen molar-refractivity contribution < 1.29 is 18.7 Å². The minimum atomic E-state index is -2.69. The molecule has 0 atom stereocenters. The Morgan fingerprint density at radius 1 is 1.64 bits per heavy atom. The van der Waals surface area contributed by atoms with Crippen LogP contribution in [0.15, 0.2) is 12.3 Å². The van der Waals surface area contributed by atoms with E-state index >= 15 is 0 Å². The molecule has 0 aliphatic carbocycles. The van der Waals surface area contributed by atoms with Crippen molar-refractivity contribution >= 4 is 28.6 Å². The van der Waals surface area contributed by atoms with Crippen LogP contribution in [0.4, 0.5) is 8.78 Å². The van der Waals surface area contributed by atoms with Crippen molar-refractivity contribution in [2.75, 3.05) is 0 Å². The molecule has 0 saturated carbocycles. The van der Waals surface area contributed by atoms with Gasteiger partial charge in [0.1, 0.15) is 0 Å². The summed E-state index contributed by atoms with van der Waals surface area (Å²) in [5.74, 6) is -1.17. The summed E-state index contributed by atoms with van der Waals surface area (Å²) in [5.41, 5.74) is -0.352. The van der Waals surface area contributed by atoms with Gasteiger partial charge in [-0.2, -0.15) is 0 Å². The van der Waals surface area contributed by atoms with E-state index in [0.717, 1.165) is 0 Å². The zero-order valence-electron chi connectivity index (χ0n) is 6.88. The van der Waals surface area contributed by atoms with Crippen LogP contribution < -0.4 is 0 Å². The van der Waals surface area contributed by atoms with Crippen LogP contribution in [-0.2, 0) is 11.2 Å². The van der Waals surface area contributed by atoms with Gasteiger partial charge in [0.2, 0.25) is 0 Å². The molecule has 3 nitrogen and oxygen atoms in total. The maximum absolute atomic E-state index is 12.5. The van der Waals surface area contributed by atoms with Gasteiger partial charge < -0.3 is 5.11 Å². The van der Waals surface area contributed by atoms with E-state index in [2.05, 4.69) is 4.98 Å². The first-order chi connectivity index (χ1) is 6.52. The molecule has 0 aliphatic rings. The normalized spacial score (nSPS) is 10.6. The molecule has 14 heavy (non-hydrogen) atoms. The lowest BCUT2D eigenvalue weighted by atomic mass is 10.1. The molecule has 6 heteroatoms. The highest BCUT2D eigenvalue weighted by molar-refractivity contribution is 14.1. The third-order valence-corrected chi connectivity index (χ3v) is 2.50. The van der Waals surface area contributed by atoms with E-state index in [1.54, 1.807) is 22.6 Å². The quantitative estimate of drug-likeness (QED) is 0.871. The van der Waals surface area contributed by atoms with Gasteiger partial charge in [0.25, 0.3) is 6.43 Å². The Labute approximate surface area is 92.3 Å². The number of carbonyl (C=O) groups is 1. The predicted octanol–water partition coefficient (Wildman–Crippen LogP) is 2.25. The number of nitrogens with zero attached hydrogens (tertiary/aromatic N) is 1. The number of carboxylic acid groups (broad SMARTS) is 1. The van der Waals surface area contributed by atoms with E-state index in [9.17, 15) is 13.6 Å². The fraction of sp³-hybridized carbons (Fsp3) is 0.250. The average molecular weight is 313 g/mol. The molecule has 0 saturated heterocycles. The largest absolute Gasteiger partial charge is 0.481 e. The van der Waals surface area contributed by atoms with E-state index in [1.807, 2.05) is 0 Å². The van der Waals surface area contributed by atoms with E-state index in [4.69, 9.17) is 5.11 Å². The summed E-state index contributed by atoms with van der Waals surface area (Å²) in [6.45, 7) is 0. The van der Waals surface area contributed by atoms with Gasteiger partial charge in [0, 0.05) is 9.77 Å². The molecular formula is C8H6F2INO2. The van der Waals surface area contributed by atoms with Crippen molar-refractivity contribution in [3.8, 4) is 0 Å². The first-order valence-electron chi connectivity index (χ1n) is 3.65. The highest BCUT2D eigenvalue weighted by Crippen LogP contribution is 2.26. The van der Waals surface area contributed by atoms with E-state index < -0.39 is 18.8 Å². The lowest BCUT2D eigenvalue weighted by Crippen LogP contribution is -2.07. The molecule has 0 aromatic carbocycles. The number of hydrogen-bond acceptors (Lipinski definition) is 2. The molecule has 76 valence electrons. The first-order valence-corrected chi connectivity index (χ1v) is 4.73. The highest BCUT2D eigenvalue weighted by atomic mass is 127. The summed E-state index contributed by atoms with van der Waals surface area (Å²) in [4.78, 5) is 14.0. The van der Waals surface area contributed by atoms with Crippen LogP contribution in [0.25, 0.3) is 0 Å². The van der Waals surface area contributed by atoms with Crippen molar-refractivity contribution in [3.63, 3.8) is 0 Å². The van der Waals surface area contributed by atoms with Crippen LogP contribution in [0.2, 0.25) is 0 Å². The van der Waals surface area contributed by atoms with Gasteiger partial charge >= 0.3 is 5.97 Å². The molecule has 0 fully saturated rings. The van der Waals surface area contributed by atoms with Gasteiger partial charge in [-0.25, -0.2) is 8.78 Å². The average Bonchev–Trinajstić information content (AvgIpc) is 2.01. The van der Waals surface area contributed by atoms with Gasteiger partial charge in [0.15, 0.2) is 0 Å². The monoisotopic (exact) mass is 313 g/mol. The van der Waals surface area contributed by atoms with E-state index in [0.29, 0.717) is 3.57 Å². The second-order valence-electron chi connectivity index (χ2n) is 2.52. The molecule has 0 radical (unpaired) electrons. The van der Waals surface area contributed by atoms with Gasteiger partial charge in [-0.1, -0.05) is 0 Å². The van der Waals surface area contributed by atoms with E-state index in [1.165, 1.54) is 12.3 Å². The molecule has 0 aliphatic heterocycles. The standard InChI is InChI=1S/C8H6F2INO2/c9-8(10)7-4(11)1-2-12-5(7)3-6(13)14/h1-2,8H,3H2,(H,13,14). The molecule has 1 rings (SSSR count). The van der Waals surface area contributed by atoms with Gasteiger partial charge in [0.05, 0.1) is 17.7 Å².